The normalized spacial score (nSPS) is 20.2. The van der Waals surface area contributed by atoms with Crippen LogP contribution in [0.15, 0.2) is 18.7 Å². The van der Waals surface area contributed by atoms with Gasteiger partial charge in [-0.1, -0.05) is 0 Å². The summed E-state index contributed by atoms with van der Waals surface area (Å²) in [7, 11) is 0. The summed E-state index contributed by atoms with van der Waals surface area (Å²) in [5.74, 6) is -0.335. The van der Waals surface area contributed by atoms with Crippen molar-refractivity contribution in [2.75, 3.05) is 24.6 Å². The number of morpholine rings is 1. The van der Waals surface area contributed by atoms with Crippen LogP contribution >= 0.6 is 0 Å². The highest BCUT2D eigenvalue weighted by molar-refractivity contribution is 5.74. The number of hydrogen-bond acceptors (Lipinski definition) is 6. The fourth-order valence-electron chi connectivity index (χ4n) is 1.96. The van der Waals surface area contributed by atoms with Gasteiger partial charge >= 0.3 is 5.97 Å². The van der Waals surface area contributed by atoms with Crippen LogP contribution in [0.1, 0.15) is 0 Å². The molecule has 0 aromatic carbocycles. The number of rotatable bonds is 2. The van der Waals surface area contributed by atoms with Crippen LogP contribution in [0.4, 0.5) is 5.82 Å². The molecule has 1 N–H and O–H groups in total. The molecule has 1 unspecified atom stereocenters. The van der Waals surface area contributed by atoms with Crippen molar-refractivity contribution in [2.45, 2.75) is 6.10 Å². The number of hydrogen-bond donors (Lipinski definition) is 1. The van der Waals surface area contributed by atoms with Crippen LogP contribution in [0.3, 0.4) is 0 Å². The van der Waals surface area contributed by atoms with Gasteiger partial charge in [-0.15, -0.1) is 10.2 Å². The van der Waals surface area contributed by atoms with E-state index in [2.05, 4.69) is 15.2 Å². The molecule has 0 saturated carbocycles. The Kier molecular flexibility index (Phi) is 2.56. The second-order valence-electron chi connectivity index (χ2n) is 3.96. The second-order valence-corrected chi connectivity index (χ2v) is 3.96. The van der Waals surface area contributed by atoms with Gasteiger partial charge in [0.25, 0.3) is 0 Å². The number of carboxylic acid groups (broad SMARTS) is 1. The van der Waals surface area contributed by atoms with Crippen molar-refractivity contribution in [2.24, 2.45) is 0 Å². The van der Waals surface area contributed by atoms with Crippen molar-refractivity contribution in [3.05, 3.63) is 18.7 Å². The van der Waals surface area contributed by atoms with Crippen molar-refractivity contribution in [1.82, 2.24) is 19.6 Å². The quantitative estimate of drug-likeness (QED) is 0.760. The van der Waals surface area contributed by atoms with E-state index in [0.717, 1.165) is 0 Å². The third-order valence-electron chi connectivity index (χ3n) is 2.84. The summed E-state index contributed by atoms with van der Waals surface area (Å²) in [5.41, 5.74) is 0.614. The Labute approximate surface area is 102 Å². The number of ether oxygens (including phenoxy) is 1. The zero-order valence-corrected chi connectivity index (χ0v) is 9.43. The van der Waals surface area contributed by atoms with Gasteiger partial charge in [0.1, 0.15) is 6.33 Å². The van der Waals surface area contributed by atoms with Crippen molar-refractivity contribution >= 4 is 17.4 Å². The molecule has 94 valence electrons. The smallest absolute Gasteiger partial charge is 0.334 e. The summed E-state index contributed by atoms with van der Waals surface area (Å²) in [5, 5.41) is 16.8. The van der Waals surface area contributed by atoms with Crippen molar-refractivity contribution < 1.29 is 14.6 Å². The van der Waals surface area contributed by atoms with E-state index in [4.69, 9.17) is 9.84 Å². The molecule has 2 aromatic rings. The Balaban J connectivity index is 1.94. The molecule has 2 aromatic heterocycles. The van der Waals surface area contributed by atoms with Crippen LogP contribution in [-0.4, -0.2) is 56.5 Å². The third-order valence-corrected chi connectivity index (χ3v) is 2.84. The van der Waals surface area contributed by atoms with Crippen LogP contribution in [0.5, 0.6) is 0 Å². The average molecular weight is 249 g/mol. The van der Waals surface area contributed by atoms with Crippen LogP contribution in [0.2, 0.25) is 0 Å². The summed E-state index contributed by atoms with van der Waals surface area (Å²) in [6.07, 6.45) is 4.13. The lowest BCUT2D eigenvalue weighted by Crippen LogP contribution is -2.46. The first-order valence-electron chi connectivity index (χ1n) is 5.49. The van der Waals surface area contributed by atoms with Gasteiger partial charge in [0, 0.05) is 18.9 Å². The SMILES string of the molecule is O=C(O)C1CN(c2nccn3cnnc23)CCO1. The molecule has 8 nitrogen and oxygen atoms in total. The van der Waals surface area contributed by atoms with Crippen LogP contribution < -0.4 is 4.90 Å². The molecule has 0 spiro atoms. The Hall–Kier alpha value is -2.22. The van der Waals surface area contributed by atoms with E-state index in [-0.39, 0.29) is 6.54 Å². The van der Waals surface area contributed by atoms with E-state index in [1.54, 1.807) is 23.1 Å². The summed E-state index contributed by atoms with van der Waals surface area (Å²) < 4.78 is 6.92. The molecule has 0 aliphatic carbocycles. The summed E-state index contributed by atoms with van der Waals surface area (Å²) in [4.78, 5) is 17.0. The number of anilines is 1. The van der Waals surface area contributed by atoms with E-state index in [9.17, 15) is 4.79 Å². The number of carboxylic acids is 1. The first kappa shape index (κ1) is 10.9. The minimum Gasteiger partial charge on any atom is -0.479 e. The summed E-state index contributed by atoms with van der Waals surface area (Å²) >= 11 is 0. The number of nitrogens with zero attached hydrogens (tertiary/aromatic N) is 5. The zero-order chi connectivity index (χ0) is 12.5. The van der Waals surface area contributed by atoms with Crippen molar-refractivity contribution in [3.63, 3.8) is 0 Å². The van der Waals surface area contributed by atoms with E-state index in [0.29, 0.717) is 24.6 Å². The van der Waals surface area contributed by atoms with E-state index in [1.807, 2.05) is 4.90 Å². The van der Waals surface area contributed by atoms with Gasteiger partial charge in [-0.25, -0.2) is 9.78 Å². The summed E-state index contributed by atoms with van der Waals surface area (Å²) in [6.45, 7) is 1.20. The lowest BCUT2D eigenvalue weighted by molar-refractivity contribution is -0.150. The van der Waals surface area contributed by atoms with E-state index in [1.165, 1.54) is 0 Å². The Morgan fingerprint density at radius 2 is 2.44 bits per heavy atom. The largest absolute Gasteiger partial charge is 0.479 e. The predicted octanol–water partition coefficient (Wildman–Crippen LogP) is -0.586. The first-order valence-corrected chi connectivity index (χ1v) is 5.49. The van der Waals surface area contributed by atoms with Crippen molar-refractivity contribution in [1.29, 1.82) is 0 Å². The van der Waals surface area contributed by atoms with Gasteiger partial charge in [-0.05, 0) is 0 Å². The Morgan fingerprint density at radius 3 is 3.28 bits per heavy atom. The maximum absolute atomic E-state index is 10.9. The molecule has 3 heterocycles. The molecule has 0 bridgehead atoms. The maximum atomic E-state index is 10.9. The lowest BCUT2D eigenvalue weighted by atomic mass is 10.2. The molecular formula is C10H11N5O3. The molecule has 1 aliphatic rings. The first-order chi connectivity index (χ1) is 8.75. The minimum absolute atomic E-state index is 0.259. The molecule has 0 amide bonds. The monoisotopic (exact) mass is 249 g/mol. The molecule has 1 fully saturated rings. The number of carbonyl (C=O) groups is 1. The Bertz CT molecular complexity index is 584. The average Bonchev–Trinajstić information content (AvgIpc) is 2.87. The van der Waals surface area contributed by atoms with Crippen molar-refractivity contribution in [3.8, 4) is 0 Å². The highest BCUT2D eigenvalue weighted by atomic mass is 16.5. The van der Waals surface area contributed by atoms with Crippen LogP contribution in [-0.2, 0) is 9.53 Å². The minimum atomic E-state index is -0.965. The molecule has 3 rings (SSSR count). The van der Waals surface area contributed by atoms with E-state index >= 15 is 0 Å². The molecule has 0 radical (unpaired) electrons. The maximum Gasteiger partial charge on any atom is 0.334 e. The molecular weight excluding hydrogens is 238 g/mol. The fraction of sp³-hybridized carbons (Fsp3) is 0.400. The van der Waals surface area contributed by atoms with E-state index < -0.39 is 12.1 Å². The van der Waals surface area contributed by atoms with Gasteiger partial charge in [-0.2, -0.15) is 0 Å². The third kappa shape index (κ3) is 1.76. The highest BCUT2D eigenvalue weighted by Gasteiger charge is 2.28. The van der Waals surface area contributed by atoms with Crippen LogP contribution in [0.25, 0.3) is 5.65 Å². The fourth-order valence-corrected chi connectivity index (χ4v) is 1.96. The molecule has 1 saturated heterocycles. The predicted molar refractivity (Wildman–Crippen MR) is 60.4 cm³/mol. The van der Waals surface area contributed by atoms with Gasteiger partial charge < -0.3 is 14.7 Å². The highest BCUT2D eigenvalue weighted by Crippen LogP contribution is 2.19. The topological polar surface area (TPSA) is 92.9 Å². The number of aromatic nitrogens is 4. The zero-order valence-electron chi connectivity index (χ0n) is 9.43. The lowest BCUT2D eigenvalue weighted by Gasteiger charge is -2.31. The molecule has 18 heavy (non-hydrogen) atoms. The molecule has 1 aliphatic heterocycles. The van der Waals surface area contributed by atoms with Gasteiger partial charge in [0.15, 0.2) is 11.9 Å². The van der Waals surface area contributed by atoms with Gasteiger partial charge in [0.2, 0.25) is 5.65 Å². The number of aliphatic carboxylic acids is 1. The number of fused-ring (bicyclic) bond motifs is 1. The standard InChI is InChI=1S/C10H11N5O3/c16-10(17)7-5-14(3-4-18-7)8-9-13-12-6-15(9)2-1-11-8/h1-2,6-7H,3-5H2,(H,16,17). The molecule has 1 atom stereocenters. The Morgan fingerprint density at radius 1 is 1.56 bits per heavy atom. The van der Waals surface area contributed by atoms with Gasteiger partial charge in [-0.3, -0.25) is 4.40 Å². The second kappa shape index (κ2) is 4.22. The summed E-state index contributed by atoms with van der Waals surface area (Å²) in [6, 6.07) is 0. The van der Waals surface area contributed by atoms with Crippen LogP contribution in [0, 0.1) is 0 Å². The molecule has 8 heteroatoms. The van der Waals surface area contributed by atoms with Gasteiger partial charge in [0.05, 0.1) is 13.2 Å².